The number of hydrogen-bond donors (Lipinski definition) is 8. The first-order chi connectivity index (χ1) is 59.8. The van der Waals surface area contributed by atoms with E-state index in [1.165, 1.54) is 358 Å². The molecule has 0 atom stereocenters. The molecule has 0 amide bonds. The van der Waals surface area contributed by atoms with Gasteiger partial charge in [0.15, 0.2) is 16.2 Å². The summed E-state index contributed by atoms with van der Waals surface area (Å²) in [6.07, 6.45) is 89.3. The minimum atomic E-state index is -2.65. The van der Waals surface area contributed by atoms with Crippen molar-refractivity contribution in [1.82, 2.24) is 42.5 Å². The summed E-state index contributed by atoms with van der Waals surface area (Å²) in [5, 5.41) is 36.5. The molecule has 5 saturated carbocycles. The van der Waals surface area contributed by atoms with Crippen molar-refractivity contribution < 1.29 is 40.6 Å². The number of nitrogens with zero attached hydrogens (tertiary/aromatic N) is 4. The molecular weight excluding hydrogens is 1610 g/mol. The quantitative estimate of drug-likeness (QED) is 0.0827. The van der Waals surface area contributed by atoms with Crippen LogP contribution in [0.1, 0.15) is 327 Å². The normalized spacial score (nSPS) is 23.1. The van der Waals surface area contributed by atoms with Gasteiger partial charge in [-0.2, -0.15) is 33.8 Å². The fourth-order valence-electron chi connectivity index (χ4n) is 12.6. The van der Waals surface area contributed by atoms with Gasteiger partial charge in [0, 0.05) is 122 Å². The number of carbonyl (C=O) groups excluding carboxylic acids is 1. The zero-order valence-electron chi connectivity index (χ0n) is 76.9. The van der Waals surface area contributed by atoms with Crippen LogP contribution >= 0.6 is 35.3 Å². The van der Waals surface area contributed by atoms with Crippen LogP contribution in [0.2, 0.25) is 0 Å². The van der Waals surface area contributed by atoms with Crippen LogP contribution in [0.3, 0.4) is 0 Å². The third kappa shape index (κ3) is 102. The number of nitrogens with one attached hydrogen (secondary N) is 8. The third-order valence-corrected chi connectivity index (χ3v) is 27.1. The van der Waals surface area contributed by atoms with Crippen molar-refractivity contribution >= 4 is 73.4 Å². The topological polar surface area (TPSA) is 268 Å². The van der Waals surface area contributed by atoms with E-state index in [9.17, 15) is 21.6 Å². The number of carbonyl (C=O) groups is 1. The summed E-state index contributed by atoms with van der Waals surface area (Å²) in [5.41, 5.74) is 0. The monoisotopic (exact) mass is 1800 g/mol. The Kier molecular flexibility index (Phi) is 96.9. The van der Waals surface area contributed by atoms with Gasteiger partial charge in [-0.05, 0) is 221 Å². The molecule has 14 fully saturated rings. The molecule has 6 aliphatic carbocycles. The van der Waals surface area contributed by atoms with Crippen LogP contribution in [0.4, 0.5) is 0 Å². The summed E-state index contributed by atoms with van der Waals surface area (Å²) in [6.45, 7) is 23.5. The molecule has 121 heavy (non-hydrogen) atoms. The first-order valence-electron chi connectivity index (χ1n) is 49.2. The molecule has 0 aromatic heterocycles. The van der Waals surface area contributed by atoms with E-state index in [-0.39, 0.29) is 0 Å². The van der Waals surface area contributed by atoms with Crippen LogP contribution in [0.5, 0.6) is 0 Å². The number of thioether (sulfide) groups is 3. The highest BCUT2D eigenvalue weighted by atomic mass is 32.2. The summed E-state index contributed by atoms with van der Waals surface area (Å²) in [7, 11) is -5.19. The number of sulfone groups is 2. The number of aliphatic imine (C=N–C) groups is 2. The maximum atomic E-state index is 10.6. The summed E-state index contributed by atoms with van der Waals surface area (Å²) >= 11 is 5.78. The second kappa shape index (κ2) is 101. The van der Waals surface area contributed by atoms with E-state index in [2.05, 4.69) is 104 Å². The SMILES string of the molecule is C1=CCCC1.C1=CNCCC1.C1=CNCCC1.C1=CSC=CN1.C1=NCCC1.C1=NCCO1.C1CCC1.C1CCC1.C1CCCC1.C1CCCCCC1.C1CCCNCC1.C1CCCOCC1.C1CCNCC1.C1CCOC1.C1CCSC1.C1CN=NC1.C1COCCN1.C1CSCCN1.O=C1CCCC1.O=S1(=O)CCCC1.O=S1(=O)CCNCC1. The van der Waals surface area contributed by atoms with Gasteiger partial charge in [0.25, 0.3) is 0 Å². The van der Waals surface area contributed by atoms with Crippen LogP contribution in [0.15, 0.2) is 80.1 Å². The average molecular weight is 1800 g/mol. The van der Waals surface area contributed by atoms with Crippen molar-refractivity contribution in [3.8, 4) is 0 Å². The molecule has 15 aliphatic heterocycles. The highest BCUT2D eigenvalue weighted by molar-refractivity contribution is 8.04. The minimum Gasteiger partial charge on any atom is -0.482 e. The molecule has 9 saturated heterocycles. The number of piperidine rings is 1. The number of ether oxygens (including phenoxy) is 4. The lowest BCUT2D eigenvalue weighted by molar-refractivity contribution is -0.117. The van der Waals surface area contributed by atoms with Crippen LogP contribution < -0.4 is 42.5 Å². The highest BCUT2D eigenvalue weighted by Gasteiger charge is 2.17. The van der Waals surface area contributed by atoms with Gasteiger partial charge in [-0.1, -0.05) is 185 Å². The highest BCUT2D eigenvalue weighted by Crippen LogP contribution is 2.19. The molecule has 0 spiro atoms. The third-order valence-electron chi connectivity index (χ3n) is 20.9. The molecule has 8 N–H and O–H groups in total. The molecular formula is C95H184N12O9S5. The predicted molar refractivity (Wildman–Crippen MR) is 529 cm³/mol. The van der Waals surface area contributed by atoms with Gasteiger partial charge in [0.2, 0.25) is 0 Å². The Labute approximate surface area is 755 Å². The molecule has 708 valence electrons. The molecule has 0 aromatic carbocycles. The van der Waals surface area contributed by atoms with Gasteiger partial charge in [-0.3, -0.25) is 14.8 Å². The molecule has 0 aromatic rings. The fraction of sp³-hybridized carbons (Fsp3) is 0.863. The zero-order chi connectivity index (χ0) is 86.5. The molecule has 0 radical (unpaired) electrons. The number of allylic oxidation sites excluding steroid dienone is 4. The van der Waals surface area contributed by atoms with Crippen molar-refractivity contribution in [2.45, 2.75) is 327 Å². The molecule has 21 rings (SSSR count). The summed E-state index contributed by atoms with van der Waals surface area (Å²) in [4.78, 5) is 17.9. The first-order valence-corrected chi connectivity index (χ1v) is 56.1. The minimum absolute atomic E-state index is 0.312. The maximum Gasteiger partial charge on any atom is 0.169 e. The van der Waals surface area contributed by atoms with Crippen LogP contribution in [-0.2, 0) is 43.4 Å². The maximum absolute atomic E-state index is 10.6. The van der Waals surface area contributed by atoms with E-state index in [1.807, 2.05) is 53.6 Å². The van der Waals surface area contributed by atoms with Crippen LogP contribution in [0.25, 0.3) is 0 Å². The summed E-state index contributed by atoms with van der Waals surface area (Å²) in [6, 6.07) is 0. The fourth-order valence-corrected chi connectivity index (χ4v) is 17.4. The van der Waals surface area contributed by atoms with Crippen LogP contribution in [-0.4, -0.2) is 232 Å². The Bertz CT molecular complexity index is 2190. The number of azo groups is 1. The van der Waals surface area contributed by atoms with Crippen molar-refractivity contribution in [3.63, 3.8) is 0 Å². The average Bonchev–Trinajstić information content (AvgIpc) is 1.90. The Morgan fingerprint density at radius 2 is 0.678 bits per heavy atom. The Morgan fingerprint density at radius 3 is 0.860 bits per heavy atom. The molecule has 0 unspecified atom stereocenters. The lowest BCUT2D eigenvalue weighted by Gasteiger charge is -2.10. The van der Waals surface area contributed by atoms with E-state index in [0.717, 1.165) is 137 Å². The summed E-state index contributed by atoms with van der Waals surface area (Å²) < 4.78 is 61.9. The lowest BCUT2D eigenvalue weighted by Crippen LogP contribution is -2.35. The predicted octanol–water partition coefficient (Wildman–Crippen LogP) is 20.4. The first kappa shape index (κ1) is 116. The Morgan fingerprint density at radius 1 is 0.289 bits per heavy atom. The second-order valence-electron chi connectivity index (χ2n) is 32.4. The number of rotatable bonds is 0. The van der Waals surface area contributed by atoms with E-state index >= 15 is 0 Å². The smallest absolute Gasteiger partial charge is 0.169 e. The van der Waals surface area contributed by atoms with Crippen molar-refractivity contribution in [1.29, 1.82) is 0 Å². The van der Waals surface area contributed by atoms with Gasteiger partial charge < -0.3 is 61.5 Å². The second-order valence-corrected chi connectivity index (χ2v) is 40.3. The molecule has 21 nitrogen and oxygen atoms in total. The van der Waals surface area contributed by atoms with Gasteiger partial charge in [0.1, 0.15) is 22.2 Å². The van der Waals surface area contributed by atoms with Gasteiger partial charge >= 0.3 is 0 Å². The van der Waals surface area contributed by atoms with Gasteiger partial charge in [0.05, 0.1) is 55.9 Å². The molecule has 0 bridgehead atoms. The van der Waals surface area contributed by atoms with Crippen molar-refractivity contribution in [2.75, 3.05) is 197 Å². The van der Waals surface area contributed by atoms with E-state index in [1.54, 1.807) is 11.8 Å². The van der Waals surface area contributed by atoms with Gasteiger partial charge in [-0.25, -0.2) is 16.8 Å². The Hall–Kier alpha value is -2.86. The van der Waals surface area contributed by atoms with Crippen LogP contribution in [0, 0.1) is 0 Å². The standard InChI is InChI=1S/C7H14.C6H13N.C6H12O.C5H11N.2C5H9N.C5H8O.C5H10.C5H8.C4H9NO2S.C4H9NO.C4H9NS.C4H5NS.C4H7N.C4H8O2S.C4H8O.C4H8S.2C4H8.C3H6N2.C3H5NO/c3*1-2-4-6-7-5-3-1;3*1-2-4-6-5-3-1;6-5-3-1-2-4-5;2*1-2-4-5-3-1;6-8(7)3-1-5-2-4-8;3*1-3-6-4-2-5-1;1-2-4-5-3-1;5-7(6)3-1-2-4-7;2*1-2-4-5-3-1;2*1-2-4-3-1;1-2-4-5-3-1;1-2-5-3-4-1/h1-7H2;7H,1-6H2;1-6H2;6H,1-5H2;2*2,4,6H,1,3,5H2;1-4H2;1-5H2;1-2H,3-5H2;5H,1-4H2;2*5H,1-4H2;1-5H;3H,1-2,4H2;1-4H2;2*1-4H2;2*1-4H2;1-3H2;3H,1-2H2. The lowest BCUT2D eigenvalue weighted by atomic mass is 10.0. The number of hydrogen-bond acceptors (Lipinski definition) is 24. The van der Waals surface area contributed by atoms with Crippen molar-refractivity contribution in [2.24, 2.45) is 20.2 Å². The Balaban J connectivity index is 0.000000636. The number of ketones is 1. The van der Waals surface area contributed by atoms with E-state index < -0.39 is 19.7 Å². The van der Waals surface area contributed by atoms with Gasteiger partial charge in [-0.15, -0.1) is 11.8 Å². The van der Waals surface area contributed by atoms with E-state index in [0.29, 0.717) is 41.9 Å². The largest absolute Gasteiger partial charge is 0.482 e. The molecule has 26 heteroatoms. The van der Waals surface area contributed by atoms with E-state index in [4.69, 9.17) is 14.2 Å². The zero-order valence-corrected chi connectivity index (χ0v) is 81.0. The number of Topliss-reactive ketones (excluding diaryl/α,β-unsaturated/α-hetero) is 1. The molecule has 15 heterocycles. The summed E-state index contributed by atoms with van der Waals surface area (Å²) in [5.74, 6) is 7.37. The number of morpholine rings is 1. The molecule has 21 aliphatic rings. The van der Waals surface area contributed by atoms with Crippen molar-refractivity contribution in [3.05, 3.63) is 59.9 Å².